The van der Waals surface area contributed by atoms with Crippen LogP contribution in [0.4, 0.5) is 10.5 Å². The number of hydrogen-bond acceptors (Lipinski definition) is 4. The zero-order valence-corrected chi connectivity index (χ0v) is 16.2. The first-order chi connectivity index (χ1) is 13.3. The van der Waals surface area contributed by atoms with Crippen LogP contribution >= 0.6 is 11.6 Å². The number of carbonyl (C=O) groups is 3. The lowest BCUT2D eigenvalue weighted by Crippen LogP contribution is -2.44. The Bertz CT molecular complexity index is 843. The molecule has 0 saturated heterocycles. The first kappa shape index (κ1) is 21.2. The van der Waals surface area contributed by atoms with E-state index in [1.165, 1.54) is 0 Å². The van der Waals surface area contributed by atoms with Crippen molar-refractivity contribution in [2.75, 3.05) is 5.32 Å². The Morgan fingerprint density at radius 1 is 1.14 bits per heavy atom. The number of nitrogens with two attached hydrogens (primary N) is 1. The fraction of sp³-hybridized carbons (Fsp3) is 0.250. The largest absolute Gasteiger partial charge is 0.445 e. The number of nitrogens with one attached hydrogen (secondary N) is 2. The molecule has 0 bridgehead atoms. The number of carbonyl (C=O) groups excluding carboxylic acids is 3. The van der Waals surface area contributed by atoms with Gasteiger partial charge in [0.25, 0.3) is 0 Å². The molecule has 0 aliphatic rings. The van der Waals surface area contributed by atoms with Crippen molar-refractivity contribution in [2.24, 2.45) is 5.73 Å². The van der Waals surface area contributed by atoms with Gasteiger partial charge in [-0.1, -0.05) is 48.0 Å². The summed E-state index contributed by atoms with van der Waals surface area (Å²) >= 11 is 6.06. The van der Waals surface area contributed by atoms with Crippen LogP contribution in [0.3, 0.4) is 0 Å². The molecule has 0 unspecified atom stereocenters. The minimum absolute atomic E-state index is 0.0429. The Morgan fingerprint density at radius 3 is 2.50 bits per heavy atom. The van der Waals surface area contributed by atoms with Crippen molar-refractivity contribution in [2.45, 2.75) is 32.4 Å². The maximum Gasteiger partial charge on any atom is 0.408 e. The second-order valence-electron chi connectivity index (χ2n) is 6.22. The van der Waals surface area contributed by atoms with E-state index in [0.717, 1.165) is 11.1 Å². The molecule has 148 valence electrons. The molecule has 1 atom stereocenters. The van der Waals surface area contributed by atoms with E-state index in [0.29, 0.717) is 10.7 Å². The third-order valence-electron chi connectivity index (χ3n) is 3.94. The van der Waals surface area contributed by atoms with Crippen LogP contribution in [-0.2, 0) is 20.9 Å². The van der Waals surface area contributed by atoms with Crippen molar-refractivity contribution < 1.29 is 19.1 Å². The van der Waals surface area contributed by atoms with E-state index >= 15 is 0 Å². The van der Waals surface area contributed by atoms with E-state index in [-0.39, 0.29) is 19.4 Å². The molecule has 3 amide bonds. The molecule has 0 saturated carbocycles. The Hall–Kier alpha value is -3.06. The molecule has 0 radical (unpaired) electrons. The molecule has 0 aliphatic heterocycles. The second kappa shape index (κ2) is 10.3. The Morgan fingerprint density at radius 2 is 1.86 bits per heavy atom. The van der Waals surface area contributed by atoms with Crippen LogP contribution in [-0.4, -0.2) is 23.9 Å². The van der Waals surface area contributed by atoms with Crippen molar-refractivity contribution in [1.29, 1.82) is 0 Å². The SMILES string of the molecule is Cc1ccc(NC(=O)[C@H](CCC(N)=O)NC(=O)OCc2ccccc2)cc1Cl. The number of anilines is 1. The molecule has 8 heteroatoms. The summed E-state index contributed by atoms with van der Waals surface area (Å²) in [6.45, 7) is 1.90. The highest BCUT2D eigenvalue weighted by molar-refractivity contribution is 6.31. The molecule has 2 aromatic rings. The zero-order valence-electron chi connectivity index (χ0n) is 15.4. The van der Waals surface area contributed by atoms with Gasteiger partial charge < -0.3 is 21.1 Å². The van der Waals surface area contributed by atoms with Gasteiger partial charge in [-0.15, -0.1) is 0 Å². The molecular formula is C20H22ClN3O4. The van der Waals surface area contributed by atoms with Crippen molar-refractivity contribution in [3.05, 3.63) is 64.7 Å². The summed E-state index contributed by atoms with van der Waals surface area (Å²) in [4.78, 5) is 35.7. The maximum atomic E-state index is 12.6. The van der Waals surface area contributed by atoms with Gasteiger partial charge in [0.15, 0.2) is 0 Å². The lowest BCUT2D eigenvalue weighted by Gasteiger charge is -2.18. The van der Waals surface area contributed by atoms with E-state index in [1.54, 1.807) is 18.2 Å². The van der Waals surface area contributed by atoms with Gasteiger partial charge in [0.05, 0.1) is 0 Å². The van der Waals surface area contributed by atoms with Crippen molar-refractivity contribution >= 4 is 35.2 Å². The number of ether oxygens (including phenoxy) is 1. The molecule has 7 nitrogen and oxygen atoms in total. The fourth-order valence-electron chi connectivity index (χ4n) is 2.36. The van der Waals surface area contributed by atoms with E-state index in [1.807, 2.05) is 37.3 Å². The minimum atomic E-state index is -0.990. The molecule has 4 N–H and O–H groups in total. The highest BCUT2D eigenvalue weighted by Gasteiger charge is 2.22. The number of halogens is 1. The molecule has 0 heterocycles. The standard InChI is InChI=1S/C20H22ClN3O4/c1-13-7-8-15(11-16(13)21)23-19(26)17(9-10-18(22)25)24-20(27)28-12-14-5-3-2-4-6-14/h2-8,11,17H,9-10,12H2,1H3,(H2,22,25)(H,23,26)(H,24,27)/t17-/m0/s1. The van der Waals surface area contributed by atoms with Gasteiger partial charge >= 0.3 is 6.09 Å². The van der Waals surface area contributed by atoms with Crippen LogP contribution in [0.1, 0.15) is 24.0 Å². The summed E-state index contributed by atoms with van der Waals surface area (Å²) in [6.07, 6.45) is -0.789. The summed E-state index contributed by atoms with van der Waals surface area (Å²) in [5.74, 6) is -1.08. The number of alkyl carbamates (subject to hydrolysis) is 1. The highest BCUT2D eigenvalue weighted by Crippen LogP contribution is 2.20. The van der Waals surface area contributed by atoms with Gasteiger partial charge in [0.2, 0.25) is 11.8 Å². The molecule has 2 rings (SSSR count). The fourth-order valence-corrected chi connectivity index (χ4v) is 2.54. The number of primary amides is 1. The van der Waals surface area contributed by atoms with Crippen LogP contribution in [0.2, 0.25) is 5.02 Å². The van der Waals surface area contributed by atoms with Gasteiger partial charge in [-0.2, -0.15) is 0 Å². The number of aryl methyl sites for hydroxylation is 1. The van der Waals surface area contributed by atoms with Gasteiger partial charge in [-0.05, 0) is 36.6 Å². The predicted molar refractivity (Wildman–Crippen MR) is 107 cm³/mol. The van der Waals surface area contributed by atoms with Gasteiger partial charge in [0, 0.05) is 17.1 Å². The molecule has 0 spiro atoms. The molecule has 0 fully saturated rings. The van der Waals surface area contributed by atoms with E-state index in [9.17, 15) is 14.4 Å². The second-order valence-corrected chi connectivity index (χ2v) is 6.62. The van der Waals surface area contributed by atoms with Crippen LogP contribution in [0.5, 0.6) is 0 Å². The highest BCUT2D eigenvalue weighted by atomic mass is 35.5. The lowest BCUT2D eigenvalue weighted by atomic mass is 10.1. The average Bonchev–Trinajstić information content (AvgIpc) is 2.67. The molecule has 2 aromatic carbocycles. The smallest absolute Gasteiger partial charge is 0.408 e. The average molecular weight is 404 g/mol. The van der Waals surface area contributed by atoms with Crippen LogP contribution < -0.4 is 16.4 Å². The minimum Gasteiger partial charge on any atom is -0.445 e. The Kier molecular flexibility index (Phi) is 7.83. The molecule has 28 heavy (non-hydrogen) atoms. The van der Waals surface area contributed by atoms with Crippen molar-refractivity contribution in [3.63, 3.8) is 0 Å². The number of rotatable bonds is 8. The number of benzene rings is 2. The topological polar surface area (TPSA) is 111 Å². The van der Waals surface area contributed by atoms with Crippen LogP contribution in [0.15, 0.2) is 48.5 Å². The quantitative estimate of drug-likeness (QED) is 0.628. The van der Waals surface area contributed by atoms with E-state index in [2.05, 4.69) is 10.6 Å². The van der Waals surface area contributed by atoms with Gasteiger partial charge in [-0.25, -0.2) is 4.79 Å². The van der Waals surface area contributed by atoms with Gasteiger partial charge in [0.1, 0.15) is 12.6 Å². The van der Waals surface area contributed by atoms with E-state index < -0.39 is 23.9 Å². The van der Waals surface area contributed by atoms with E-state index in [4.69, 9.17) is 22.1 Å². The summed E-state index contributed by atoms with van der Waals surface area (Å²) in [5, 5.41) is 5.64. The Labute approximate surface area is 168 Å². The summed E-state index contributed by atoms with van der Waals surface area (Å²) in [6, 6.07) is 13.2. The van der Waals surface area contributed by atoms with Crippen LogP contribution in [0, 0.1) is 6.92 Å². The zero-order chi connectivity index (χ0) is 20.5. The normalized spacial score (nSPS) is 11.4. The number of hydrogen-bond donors (Lipinski definition) is 3. The summed E-state index contributed by atoms with van der Waals surface area (Å²) in [5.41, 5.74) is 7.32. The van der Waals surface area contributed by atoms with Crippen molar-refractivity contribution in [1.82, 2.24) is 5.32 Å². The lowest BCUT2D eigenvalue weighted by molar-refractivity contribution is -0.119. The molecule has 0 aliphatic carbocycles. The molecular weight excluding hydrogens is 382 g/mol. The summed E-state index contributed by atoms with van der Waals surface area (Å²) in [7, 11) is 0. The van der Waals surface area contributed by atoms with Gasteiger partial charge in [-0.3, -0.25) is 9.59 Å². The first-order valence-corrected chi connectivity index (χ1v) is 9.05. The molecule has 0 aromatic heterocycles. The third-order valence-corrected chi connectivity index (χ3v) is 4.35. The van der Waals surface area contributed by atoms with Crippen LogP contribution in [0.25, 0.3) is 0 Å². The third kappa shape index (κ3) is 6.92. The van der Waals surface area contributed by atoms with Crippen molar-refractivity contribution in [3.8, 4) is 0 Å². The predicted octanol–water partition coefficient (Wildman–Crippen LogP) is 3.15. The maximum absolute atomic E-state index is 12.6. The first-order valence-electron chi connectivity index (χ1n) is 8.67. The monoisotopic (exact) mass is 403 g/mol. The summed E-state index contributed by atoms with van der Waals surface area (Å²) < 4.78 is 5.13. The number of amides is 3. The Balaban J connectivity index is 1.98.